The highest BCUT2D eigenvalue weighted by Crippen LogP contribution is 2.31. The van der Waals surface area contributed by atoms with E-state index >= 15 is 0 Å². The lowest BCUT2D eigenvalue weighted by atomic mass is 9.80. The monoisotopic (exact) mass is 309 g/mol. The van der Waals surface area contributed by atoms with Gasteiger partial charge in [-0.15, -0.1) is 0 Å². The average Bonchev–Trinajstić information content (AvgIpc) is 2.99. The smallest absolute Gasteiger partial charge is 0.306 e. The quantitative estimate of drug-likeness (QED) is 0.834. The van der Waals surface area contributed by atoms with E-state index in [-0.39, 0.29) is 29.7 Å². The average molecular weight is 309 g/mol. The van der Waals surface area contributed by atoms with Crippen molar-refractivity contribution in [1.29, 1.82) is 0 Å². The van der Waals surface area contributed by atoms with Crippen LogP contribution in [0, 0.1) is 17.8 Å². The summed E-state index contributed by atoms with van der Waals surface area (Å²) >= 11 is 0. The normalized spacial score (nSPS) is 23.2. The molecule has 1 unspecified atom stereocenters. The van der Waals surface area contributed by atoms with E-state index in [1.807, 2.05) is 13.8 Å². The molecule has 1 heterocycles. The van der Waals surface area contributed by atoms with Gasteiger partial charge in [-0.3, -0.25) is 9.59 Å². The molecular formula is C15H23N3O4. The van der Waals surface area contributed by atoms with Gasteiger partial charge in [0.2, 0.25) is 12.3 Å². The molecule has 1 aromatic rings. The number of hydrogen-bond acceptors (Lipinski definition) is 5. The Bertz CT molecular complexity index is 493. The van der Waals surface area contributed by atoms with Gasteiger partial charge in [0, 0.05) is 6.42 Å². The molecule has 1 fully saturated rings. The van der Waals surface area contributed by atoms with Gasteiger partial charge in [-0.2, -0.15) is 4.98 Å². The van der Waals surface area contributed by atoms with Crippen LogP contribution in [0.2, 0.25) is 0 Å². The molecule has 0 bridgehead atoms. The third-order valence-electron chi connectivity index (χ3n) is 4.31. The molecule has 1 aliphatic rings. The van der Waals surface area contributed by atoms with E-state index in [0.29, 0.717) is 25.1 Å². The first-order valence-electron chi connectivity index (χ1n) is 7.75. The van der Waals surface area contributed by atoms with Gasteiger partial charge in [0.05, 0.1) is 12.0 Å². The lowest BCUT2D eigenvalue weighted by molar-refractivity contribution is -0.143. The molecular weight excluding hydrogens is 286 g/mol. The molecule has 0 aliphatic heterocycles. The Labute approximate surface area is 129 Å². The summed E-state index contributed by atoms with van der Waals surface area (Å²) in [7, 11) is 0. The van der Waals surface area contributed by atoms with E-state index in [4.69, 9.17) is 9.63 Å². The highest BCUT2D eigenvalue weighted by Gasteiger charge is 2.28. The molecule has 1 atom stereocenters. The van der Waals surface area contributed by atoms with Crippen molar-refractivity contribution >= 4 is 11.9 Å². The molecule has 0 spiro atoms. The van der Waals surface area contributed by atoms with Gasteiger partial charge in [0.15, 0.2) is 5.82 Å². The van der Waals surface area contributed by atoms with Crippen molar-refractivity contribution in [3.63, 3.8) is 0 Å². The largest absolute Gasteiger partial charge is 0.481 e. The minimum Gasteiger partial charge on any atom is -0.481 e. The van der Waals surface area contributed by atoms with Crippen LogP contribution in [0.1, 0.15) is 57.8 Å². The summed E-state index contributed by atoms with van der Waals surface area (Å²) in [5.74, 6) is -0.111. The SMILES string of the molecule is CC(C)C(NC(=O)CC1CCC(C(=O)O)CC1)c1ncon1. The number of carboxylic acid groups (broad SMARTS) is 1. The number of aliphatic carboxylic acids is 1. The molecule has 0 saturated heterocycles. The van der Waals surface area contributed by atoms with Crippen LogP contribution < -0.4 is 5.32 Å². The zero-order valence-corrected chi connectivity index (χ0v) is 13.0. The molecule has 0 radical (unpaired) electrons. The maximum atomic E-state index is 12.2. The van der Waals surface area contributed by atoms with Gasteiger partial charge in [-0.25, -0.2) is 0 Å². The Morgan fingerprint density at radius 3 is 2.55 bits per heavy atom. The van der Waals surface area contributed by atoms with Crippen molar-refractivity contribution in [3.05, 3.63) is 12.2 Å². The number of nitrogens with one attached hydrogen (secondary N) is 1. The summed E-state index contributed by atoms with van der Waals surface area (Å²) in [6.45, 7) is 3.97. The van der Waals surface area contributed by atoms with Crippen molar-refractivity contribution in [2.75, 3.05) is 0 Å². The number of amides is 1. The number of hydrogen-bond donors (Lipinski definition) is 2. The fraction of sp³-hybridized carbons (Fsp3) is 0.733. The molecule has 2 rings (SSSR count). The van der Waals surface area contributed by atoms with Crippen molar-refractivity contribution in [2.24, 2.45) is 17.8 Å². The number of carbonyl (C=O) groups excluding carboxylic acids is 1. The number of carbonyl (C=O) groups is 2. The summed E-state index contributed by atoms with van der Waals surface area (Å²) in [5.41, 5.74) is 0. The third-order valence-corrected chi connectivity index (χ3v) is 4.31. The number of carboxylic acids is 1. The molecule has 122 valence electrons. The van der Waals surface area contributed by atoms with Crippen molar-refractivity contribution < 1.29 is 19.2 Å². The predicted molar refractivity (Wildman–Crippen MR) is 77.7 cm³/mol. The van der Waals surface area contributed by atoms with Crippen LogP contribution in [-0.4, -0.2) is 27.1 Å². The first-order chi connectivity index (χ1) is 10.5. The topological polar surface area (TPSA) is 105 Å². The second kappa shape index (κ2) is 7.38. The molecule has 1 amide bonds. The lowest BCUT2D eigenvalue weighted by Gasteiger charge is -2.26. The molecule has 2 N–H and O–H groups in total. The lowest BCUT2D eigenvalue weighted by Crippen LogP contribution is -2.34. The van der Waals surface area contributed by atoms with Crippen LogP contribution in [0.15, 0.2) is 10.9 Å². The van der Waals surface area contributed by atoms with Crippen LogP contribution in [-0.2, 0) is 9.59 Å². The number of rotatable bonds is 6. The fourth-order valence-corrected chi connectivity index (χ4v) is 2.95. The van der Waals surface area contributed by atoms with E-state index in [0.717, 1.165) is 12.8 Å². The van der Waals surface area contributed by atoms with E-state index in [1.165, 1.54) is 6.39 Å². The van der Waals surface area contributed by atoms with Gasteiger partial charge >= 0.3 is 5.97 Å². The maximum absolute atomic E-state index is 12.2. The van der Waals surface area contributed by atoms with Crippen LogP contribution in [0.25, 0.3) is 0 Å². The second-order valence-electron chi connectivity index (χ2n) is 6.34. The Hall–Kier alpha value is -1.92. The zero-order chi connectivity index (χ0) is 16.1. The Morgan fingerprint density at radius 1 is 1.36 bits per heavy atom. The van der Waals surface area contributed by atoms with Gasteiger partial charge in [-0.1, -0.05) is 19.0 Å². The zero-order valence-electron chi connectivity index (χ0n) is 13.0. The summed E-state index contributed by atoms with van der Waals surface area (Å²) in [4.78, 5) is 27.2. The van der Waals surface area contributed by atoms with Crippen molar-refractivity contribution in [3.8, 4) is 0 Å². The molecule has 1 aromatic heterocycles. The van der Waals surface area contributed by atoms with Crippen LogP contribution in [0.4, 0.5) is 0 Å². The number of nitrogens with zero attached hydrogens (tertiary/aromatic N) is 2. The van der Waals surface area contributed by atoms with Gasteiger partial charge in [0.25, 0.3) is 0 Å². The third kappa shape index (κ3) is 4.29. The highest BCUT2D eigenvalue weighted by molar-refractivity contribution is 5.76. The summed E-state index contributed by atoms with van der Waals surface area (Å²) in [6.07, 6.45) is 4.58. The molecule has 22 heavy (non-hydrogen) atoms. The van der Waals surface area contributed by atoms with Crippen LogP contribution >= 0.6 is 0 Å². The molecule has 1 aliphatic carbocycles. The number of aromatic nitrogens is 2. The maximum Gasteiger partial charge on any atom is 0.306 e. The van der Waals surface area contributed by atoms with Crippen LogP contribution in [0.5, 0.6) is 0 Å². The second-order valence-corrected chi connectivity index (χ2v) is 6.34. The molecule has 1 saturated carbocycles. The van der Waals surface area contributed by atoms with Crippen molar-refractivity contribution in [2.45, 2.75) is 52.0 Å². The van der Waals surface area contributed by atoms with Crippen molar-refractivity contribution in [1.82, 2.24) is 15.5 Å². The van der Waals surface area contributed by atoms with E-state index in [1.54, 1.807) is 0 Å². The first kappa shape index (κ1) is 16.5. The predicted octanol–water partition coefficient (Wildman–Crippen LogP) is 2.16. The molecule has 7 nitrogen and oxygen atoms in total. The summed E-state index contributed by atoms with van der Waals surface area (Å²) < 4.78 is 4.74. The summed E-state index contributed by atoms with van der Waals surface area (Å²) in [6, 6.07) is -0.262. The Morgan fingerprint density at radius 2 is 2.05 bits per heavy atom. The molecule has 7 heteroatoms. The standard InChI is InChI=1S/C15H23N3O4/c1-9(2)13(14-16-8-22-18-14)17-12(19)7-10-3-5-11(6-4-10)15(20)21/h8-11,13H,3-7H2,1-2H3,(H,17,19)(H,20,21). The fourth-order valence-electron chi connectivity index (χ4n) is 2.95. The Kier molecular flexibility index (Phi) is 5.51. The van der Waals surface area contributed by atoms with Gasteiger partial charge in [0.1, 0.15) is 0 Å². The minimum atomic E-state index is -0.722. The Balaban J connectivity index is 1.83. The van der Waals surface area contributed by atoms with Gasteiger partial charge in [-0.05, 0) is 37.5 Å². The van der Waals surface area contributed by atoms with E-state index in [2.05, 4.69) is 15.5 Å². The highest BCUT2D eigenvalue weighted by atomic mass is 16.5. The van der Waals surface area contributed by atoms with E-state index < -0.39 is 5.97 Å². The molecule has 0 aromatic carbocycles. The first-order valence-corrected chi connectivity index (χ1v) is 7.75. The van der Waals surface area contributed by atoms with Crippen LogP contribution in [0.3, 0.4) is 0 Å². The minimum absolute atomic E-state index is 0.0396. The van der Waals surface area contributed by atoms with Gasteiger partial charge < -0.3 is 14.9 Å². The van der Waals surface area contributed by atoms with E-state index in [9.17, 15) is 9.59 Å². The summed E-state index contributed by atoms with van der Waals surface area (Å²) in [5, 5.41) is 15.8.